The van der Waals surface area contributed by atoms with Gasteiger partial charge in [0.2, 0.25) is 0 Å². The molecule has 2 nitrogen and oxygen atoms in total. The lowest BCUT2D eigenvalue weighted by molar-refractivity contribution is 1.36. The zero-order valence-electron chi connectivity index (χ0n) is 7.68. The number of aromatic amines is 1. The van der Waals surface area contributed by atoms with Gasteiger partial charge in [-0.05, 0) is 31.0 Å². The fourth-order valence-corrected chi connectivity index (χ4v) is 1.73. The van der Waals surface area contributed by atoms with Crippen LogP contribution in [-0.2, 0) is 0 Å². The molecule has 13 heavy (non-hydrogen) atoms. The van der Waals surface area contributed by atoms with Crippen molar-refractivity contribution in [2.45, 2.75) is 13.8 Å². The Kier molecular flexibility index (Phi) is 1.60. The molecule has 0 aliphatic heterocycles. The molecule has 0 fully saturated rings. The number of rotatable bonds is 0. The smallest absolute Gasteiger partial charge is 0.100 e. The van der Waals surface area contributed by atoms with Gasteiger partial charge in [0.05, 0.1) is 5.56 Å². The molecule has 1 N–H and O–H groups in total. The van der Waals surface area contributed by atoms with Gasteiger partial charge in [0.15, 0.2) is 0 Å². The number of nitrogens with one attached hydrogen (secondary N) is 1. The van der Waals surface area contributed by atoms with E-state index in [2.05, 4.69) is 11.1 Å². The standard InChI is InChI=1S/C11H10N2/c1-7-5-8(2)11-9(3-4-13-11)10(7)6-12/h3-5,13H,1-2H3. The molecule has 1 aromatic carbocycles. The lowest BCUT2D eigenvalue weighted by Gasteiger charge is -2.02. The Morgan fingerprint density at radius 2 is 2.08 bits per heavy atom. The van der Waals surface area contributed by atoms with E-state index in [1.165, 1.54) is 5.56 Å². The van der Waals surface area contributed by atoms with Gasteiger partial charge >= 0.3 is 0 Å². The fraction of sp³-hybridized carbons (Fsp3) is 0.182. The molecule has 64 valence electrons. The van der Waals surface area contributed by atoms with Gasteiger partial charge in [0.25, 0.3) is 0 Å². The van der Waals surface area contributed by atoms with E-state index in [1.807, 2.05) is 32.2 Å². The van der Waals surface area contributed by atoms with E-state index in [0.717, 1.165) is 22.0 Å². The van der Waals surface area contributed by atoms with Crippen molar-refractivity contribution in [1.82, 2.24) is 4.98 Å². The first-order valence-corrected chi connectivity index (χ1v) is 4.21. The van der Waals surface area contributed by atoms with Crippen LogP contribution in [0.25, 0.3) is 10.9 Å². The van der Waals surface area contributed by atoms with Crippen molar-refractivity contribution < 1.29 is 0 Å². The summed E-state index contributed by atoms with van der Waals surface area (Å²) in [5.41, 5.74) is 4.09. The Hall–Kier alpha value is -1.75. The number of aromatic nitrogens is 1. The molecule has 0 aliphatic rings. The predicted molar refractivity (Wildman–Crippen MR) is 52.5 cm³/mol. The van der Waals surface area contributed by atoms with Crippen molar-refractivity contribution in [3.05, 3.63) is 35.0 Å². The average Bonchev–Trinajstić information content (AvgIpc) is 2.53. The quantitative estimate of drug-likeness (QED) is 0.648. The van der Waals surface area contributed by atoms with Crippen LogP contribution in [0.2, 0.25) is 0 Å². The van der Waals surface area contributed by atoms with Crippen LogP contribution in [-0.4, -0.2) is 4.98 Å². The van der Waals surface area contributed by atoms with Gasteiger partial charge in [-0.15, -0.1) is 0 Å². The summed E-state index contributed by atoms with van der Waals surface area (Å²) >= 11 is 0. The van der Waals surface area contributed by atoms with E-state index in [-0.39, 0.29) is 0 Å². The molecule has 0 bridgehead atoms. The normalized spacial score (nSPS) is 10.2. The topological polar surface area (TPSA) is 39.6 Å². The van der Waals surface area contributed by atoms with Gasteiger partial charge in [-0.1, -0.05) is 6.07 Å². The number of nitriles is 1. The van der Waals surface area contributed by atoms with E-state index in [1.54, 1.807) is 0 Å². The van der Waals surface area contributed by atoms with Gasteiger partial charge in [0, 0.05) is 17.1 Å². The van der Waals surface area contributed by atoms with Crippen LogP contribution in [0.5, 0.6) is 0 Å². The molecule has 0 aliphatic carbocycles. The molecule has 2 aromatic rings. The van der Waals surface area contributed by atoms with E-state index < -0.39 is 0 Å². The maximum atomic E-state index is 8.96. The van der Waals surface area contributed by atoms with Crippen molar-refractivity contribution in [1.29, 1.82) is 5.26 Å². The van der Waals surface area contributed by atoms with Crippen LogP contribution in [0.15, 0.2) is 18.3 Å². The first kappa shape index (κ1) is 7.88. The van der Waals surface area contributed by atoms with E-state index in [0.29, 0.717) is 0 Å². The summed E-state index contributed by atoms with van der Waals surface area (Å²) in [5, 5.41) is 9.99. The zero-order chi connectivity index (χ0) is 9.42. The Balaban J connectivity index is 2.99. The maximum absolute atomic E-state index is 8.96. The SMILES string of the molecule is Cc1cc(C)c2[nH]ccc2c1C#N. The number of nitrogens with zero attached hydrogens (tertiary/aromatic N) is 1. The molecule has 0 atom stereocenters. The summed E-state index contributed by atoms with van der Waals surface area (Å²) in [6, 6.07) is 6.22. The Labute approximate surface area is 76.8 Å². The van der Waals surface area contributed by atoms with Crippen molar-refractivity contribution in [2.75, 3.05) is 0 Å². The van der Waals surface area contributed by atoms with Crippen LogP contribution in [0.3, 0.4) is 0 Å². The molecular weight excluding hydrogens is 160 g/mol. The van der Waals surface area contributed by atoms with Crippen molar-refractivity contribution >= 4 is 10.9 Å². The summed E-state index contributed by atoms with van der Waals surface area (Å²) in [6.45, 7) is 4.02. The van der Waals surface area contributed by atoms with Crippen molar-refractivity contribution in [3.63, 3.8) is 0 Å². The second-order valence-corrected chi connectivity index (χ2v) is 3.26. The molecule has 1 heterocycles. The van der Waals surface area contributed by atoms with Crippen LogP contribution in [0.4, 0.5) is 0 Å². The van der Waals surface area contributed by atoms with Crippen LogP contribution < -0.4 is 0 Å². The van der Waals surface area contributed by atoms with Gasteiger partial charge < -0.3 is 4.98 Å². The minimum Gasteiger partial charge on any atom is -0.361 e. The number of hydrogen-bond donors (Lipinski definition) is 1. The second-order valence-electron chi connectivity index (χ2n) is 3.26. The minimum atomic E-state index is 0.779. The zero-order valence-corrected chi connectivity index (χ0v) is 7.68. The lowest BCUT2D eigenvalue weighted by Crippen LogP contribution is -1.86. The highest BCUT2D eigenvalue weighted by Crippen LogP contribution is 2.23. The third-order valence-corrected chi connectivity index (χ3v) is 2.35. The minimum absolute atomic E-state index is 0.779. The van der Waals surface area contributed by atoms with Gasteiger partial charge in [0.1, 0.15) is 6.07 Å². The van der Waals surface area contributed by atoms with Gasteiger partial charge in [-0.2, -0.15) is 5.26 Å². The Bertz CT molecular complexity index is 501. The second kappa shape index (κ2) is 2.63. The lowest BCUT2D eigenvalue weighted by atomic mass is 10.0. The molecule has 2 heteroatoms. The maximum Gasteiger partial charge on any atom is 0.100 e. The van der Waals surface area contributed by atoms with Gasteiger partial charge in [-0.3, -0.25) is 0 Å². The summed E-state index contributed by atoms with van der Waals surface area (Å²) in [6.07, 6.45) is 1.87. The van der Waals surface area contributed by atoms with E-state index in [4.69, 9.17) is 5.26 Å². The Morgan fingerprint density at radius 1 is 1.31 bits per heavy atom. The predicted octanol–water partition coefficient (Wildman–Crippen LogP) is 2.66. The Morgan fingerprint density at radius 3 is 2.77 bits per heavy atom. The first-order chi connectivity index (χ1) is 6.24. The highest BCUT2D eigenvalue weighted by atomic mass is 14.7. The highest BCUT2D eigenvalue weighted by Gasteiger charge is 2.06. The molecule has 0 amide bonds. The number of benzene rings is 1. The number of fused-ring (bicyclic) bond motifs is 1. The summed E-state index contributed by atoms with van der Waals surface area (Å²) < 4.78 is 0. The summed E-state index contributed by atoms with van der Waals surface area (Å²) in [4.78, 5) is 3.14. The molecule has 0 unspecified atom stereocenters. The fourth-order valence-electron chi connectivity index (χ4n) is 1.73. The van der Waals surface area contributed by atoms with Gasteiger partial charge in [-0.25, -0.2) is 0 Å². The molecule has 0 saturated heterocycles. The highest BCUT2D eigenvalue weighted by molar-refractivity contribution is 5.89. The van der Waals surface area contributed by atoms with Crippen LogP contribution in [0, 0.1) is 25.2 Å². The molecule has 0 spiro atoms. The summed E-state index contributed by atoms with van der Waals surface area (Å²) in [5.74, 6) is 0. The molecule has 0 saturated carbocycles. The number of H-pyrrole nitrogens is 1. The third kappa shape index (κ3) is 1.01. The molecule has 0 radical (unpaired) electrons. The number of aryl methyl sites for hydroxylation is 2. The largest absolute Gasteiger partial charge is 0.361 e. The molecule has 2 rings (SSSR count). The monoisotopic (exact) mass is 170 g/mol. The molecular formula is C11H10N2. The van der Waals surface area contributed by atoms with Crippen LogP contribution in [0.1, 0.15) is 16.7 Å². The van der Waals surface area contributed by atoms with Crippen molar-refractivity contribution in [2.24, 2.45) is 0 Å². The number of hydrogen-bond acceptors (Lipinski definition) is 1. The first-order valence-electron chi connectivity index (χ1n) is 4.21. The van der Waals surface area contributed by atoms with E-state index in [9.17, 15) is 0 Å². The van der Waals surface area contributed by atoms with Crippen LogP contribution >= 0.6 is 0 Å². The van der Waals surface area contributed by atoms with Crippen molar-refractivity contribution in [3.8, 4) is 6.07 Å². The molecule has 1 aromatic heterocycles. The third-order valence-electron chi connectivity index (χ3n) is 2.35. The average molecular weight is 170 g/mol. The summed E-state index contributed by atoms with van der Waals surface area (Å²) in [7, 11) is 0. The van der Waals surface area contributed by atoms with E-state index >= 15 is 0 Å².